The number of thioether (sulfide) groups is 1. The quantitative estimate of drug-likeness (QED) is 0.826. The average Bonchev–Trinajstić information content (AvgIpc) is 2.90. The van der Waals surface area contributed by atoms with Gasteiger partial charge in [0.1, 0.15) is 6.61 Å². The van der Waals surface area contributed by atoms with E-state index in [1.54, 1.807) is 23.1 Å². The van der Waals surface area contributed by atoms with Crippen LogP contribution in [-0.4, -0.2) is 25.6 Å². The lowest BCUT2D eigenvalue weighted by Gasteiger charge is -2.01. The molecule has 0 amide bonds. The minimum absolute atomic E-state index is 0.0605. The monoisotopic (exact) mass is 255 g/mol. The summed E-state index contributed by atoms with van der Waals surface area (Å²) in [4.78, 5) is 1.39. The molecule has 0 unspecified atom stereocenters. The van der Waals surface area contributed by atoms with Crippen molar-refractivity contribution < 1.29 is 5.11 Å². The van der Waals surface area contributed by atoms with Gasteiger partial charge in [0, 0.05) is 17.7 Å². The molecule has 0 spiro atoms. The average molecular weight is 255 g/mol. The second-order valence-corrected chi connectivity index (χ2v) is 5.39. The van der Waals surface area contributed by atoms with Gasteiger partial charge in [-0.2, -0.15) is 0 Å². The van der Waals surface area contributed by atoms with E-state index >= 15 is 0 Å². The Morgan fingerprint density at radius 3 is 3.00 bits per heavy atom. The van der Waals surface area contributed by atoms with Gasteiger partial charge in [-0.1, -0.05) is 17.8 Å². The molecule has 0 aromatic carbocycles. The van der Waals surface area contributed by atoms with Gasteiger partial charge >= 0.3 is 0 Å². The molecule has 1 N–H and O–H groups in total. The maximum Gasteiger partial charge on any atom is 0.191 e. The van der Waals surface area contributed by atoms with Gasteiger partial charge in [-0.25, -0.2) is 0 Å². The zero-order chi connectivity index (χ0) is 11.4. The molecular weight excluding hydrogens is 242 g/mol. The molecule has 6 heteroatoms. The molecule has 86 valence electrons. The Morgan fingerprint density at radius 2 is 2.38 bits per heavy atom. The maximum absolute atomic E-state index is 8.98. The molecule has 0 aliphatic carbocycles. The predicted octanol–water partition coefficient (Wildman–Crippen LogP) is 1.70. The van der Waals surface area contributed by atoms with Gasteiger partial charge in [-0.05, 0) is 17.9 Å². The summed E-state index contributed by atoms with van der Waals surface area (Å²) in [6.07, 6.45) is 1.05. The fourth-order valence-electron chi connectivity index (χ4n) is 1.31. The first-order chi connectivity index (χ1) is 7.81. The third kappa shape index (κ3) is 2.63. The van der Waals surface area contributed by atoms with Gasteiger partial charge in [-0.15, -0.1) is 21.5 Å². The van der Waals surface area contributed by atoms with Gasteiger partial charge in [0.05, 0.1) is 0 Å². The number of thiophene rings is 1. The Hall–Kier alpha value is -0.850. The van der Waals surface area contributed by atoms with Crippen molar-refractivity contribution in [3.63, 3.8) is 0 Å². The lowest BCUT2D eigenvalue weighted by Crippen LogP contribution is -1.99. The molecule has 2 aromatic heterocycles. The van der Waals surface area contributed by atoms with Crippen molar-refractivity contribution in [3.8, 4) is 0 Å². The third-order valence-electron chi connectivity index (χ3n) is 2.23. The van der Waals surface area contributed by atoms with E-state index in [0.717, 1.165) is 17.3 Å². The Balaban J connectivity index is 1.87. The number of rotatable bonds is 5. The van der Waals surface area contributed by atoms with Gasteiger partial charge in [0.25, 0.3) is 0 Å². The van der Waals surface area contributed by atoms with Crippen LogP contribution in [0.1, 0.15) is 10.7 Å². The highest BCUT2D eigenvalue weighted by Gasteiger charge is 2.07. The minimum atomic E-state index is -0.0605. The van der Waals surface area contributed by atoms with Crippen LogP contribution in [0.3, 0.4) is 0 Å². The van der Waals surface area contributed by atoms with Crippen LogP contribution in [-0.2, 0) is 20.1 Å². The van der Waals surface area contributed by atoms with E-state index in [9.17, 15) is 0 Å². The van der Waals surface area contributed by atoms with Gasteiger partial charge in [-0.3, -0.25) is 0 Å². The number of aliphatic hydroxyl groups excluding tert-OH is 1. The van der Waals surface area contributed by atoms with Crippen LogP contribution in [0.15, 0.2) is 22.7 Å². The van der Waals surface area contributed by atoms with Crippen molar-refractivity contribution in [2.75, 3.05) is 5.75 Å². The Bertz CT molecular complexity index is 439. The van der Waals surface area contributed by atoms with Crippen molar-refractivity contribution >= 4 is 23.1 Å². The summed E-state index contributed by atoms with van der Waals surface area (Å²) in [6, 6.07) is 4.21. The van der Waals surface area contributed by atoms with E-state index in [0.29, 0.717) is 5.82 Å². The lowest BCUT2D eigenvalue weighted by atomic mass is 10.4. The summed E-state index contributed by atoms with van der Waals surface area (Å²) in [5.41, 5.74) is 0. The van der Waals surface area contributed by atoms with Crippen LogP contribution in [0.2, 0.25) is 0 Å². The normalized spacial score (nSPS) is 10.9. The first kappa shape index (κ1) is 11.6. The van der Waals surface area contributed by atoms with Crippen LogP contribution in [0.5, 0.6) is 0 Å². The highest BCUT2D eigenvalue weighted by Crippen LogP contribution is 2.18. The van der Waals surface area contributed by atoms with Crippen LogP contribution < -0.4 is 0 Å². The topological polar surface area (TPSA) is 50.9 Å². The molecule has 0 aliphatic rings. The number of aromatic nitrogens is 3. The van der Waals surface area contributed by atoms with Crippen molar-refractivity contribution in [2.24, 2.45) is 7.05 Å². The highest BCUT2D eigenvalue weighted by atomic mass is 32.2. The third-order valence-corrected chi connectivity index (χ3v) is 4.18. The molecule has 2 rings (SSSR count). The molecule has 0 bridgehead atoms. The van der Waals surface area contributed by atoms with E-state index < -0.39 is 0 Å². The molecule has 2 aromatic rings. The number of aryl methyl sites for hydroxylation is 1. The van der Waals surface area contributed by atoms with Gasteiger partial charge in [0.15, 0.2) is 11.0 Å². The van der Waals surface area contributed by atoms with Crippen molar-refractivity contribution in [1.82, 2.24) is 14.8 Å². The summed E-state index contributed by atoms with van der Waals surface area (Å²) >= 11 is 3.44. The SMILES string of the molecule is Cn1c(CO)nnc1SCCc1cccs1. The molecule has 0 radical (unpaired) electrons. The van der Waals surface area contributed by atoms with Crippen LogP contribution >= 0.6 is 23.1 Å². The largest absolute Gasteiger partial charge is 0.388 e. The zero-order valence-corrected chi connectivity index (χ0v) is 10.6. The summed E-state index contributed by atoms with van der Waals surface area (Å²) < 4.78 is 1.83. The van der Waals surface area contributed by atoms with E-state index in [1.165, 1.54) is 4.88 Å². The van der Waals surface area contributed by atoms with Crippen molar-refractivity contribution in [3.05, 3.63) is 28.2 Å². The lowest BCUT2D eigenvalue weighted by molar-refractivity contribution is 0.266. The zero-order valence-electron chi connectivity index (χ0n) is 8.96. The van der Waals surface area contributed by atoms with Crippen LogP contribution in [0.25, 0.3) is 0 Å². The second-order valence-electron chi connectivity index (χ2n) is 3.29. The fourth-order valence-corrected chi connectivity index (χ4v) is 3.05. The molecule has 0 atom stereocenters. The smallest absolute Gasteiger partial charge is 0.191 e. The summed E-state index contributed by atoms with van der Waals surface area (Å²) in [6.45, 7) is -0.0605. The number of hydrogen-bond donors (Lipinski definition) is 1. The standard InChI is InChI=1S/C10H13N3OS2/c1-13-9(7-14)11-12-10(13)16-6-4-8-3-2-5-15-8/h2-3,5,14H,4,6-7H2,1H3. The molecule has 0 saturated heterocycles. The van der Waals surface area contributed by atoms with Crippen LogP contribution in [0, 0.1) is 0 Å². The summed E-state index contributed by atoms with van der Waals surface area (Å²) in [5, 5.41) is 19.8. The van der Waals surface area contributed by atoms with Crippen molar-refractivity contribution in [2.45, 2.75) is 18.2 Å². The Kier molecular flexibility index (Phi) is 3.98. The molecule has 0 saturated carbocycles. The number of aliphatic hydroxyl groups is 1. The van der Waals surface area contributed by atoms with E-state index in [-0.39, 0.29) is 6.61 Å². The molecular formula is C10H13N3OS2. The Labute approximate surface area is 102 Å². The van der Waals surface area contributed by atoms with E-state index in [1.807, 2.05) is 11.6 Å². The molecule has 4 nitrogen and oxygen atoms in total. The Morgan fingerprint density at radius 1 is 1.50 bits per heavy atom. The molecule has 16 heavy (non-hydrogen) atoms. The minimum Gasteiger partial charge on any atom is -0.388 e. The molecule has 2 heterocycles. The summed E-state index contributed by atoms with van der Waals surface area (Å²) in [7, 11) is 1.87. The van der Waals surface area contributed by atoms with Crippen molar-refractivity contribution in [1.29, 1.82) is 0 Å². The van der Waals surface area contributed by atoms with Gasteiger partial charge < -0.3 is 9.67 Å². The molecule has 0 aliphatic heterocycles. The highest BCUT2D eigenvalue weighted by molar-refractivity contribution is 7.99. The van der Waals surface area contributed by atoms with Crippen LogP contribution in [0.4, 0.5) is 0 Å². The van der Waals surface area contributed by atoms with Gasteiger partial charge in [0.2, 0.25) is 0 Å². The number of hydrogen-bond acceptors (Lipinski definition) is 5. The fraction of sp³-hybridized carbons (Fsp3) is 0.400. The first-order valence-corrected chi connectivity index (χ1v) is 6.82. The maximum atomic E-state index is 8.98. The second kappa shape index (κ2) is 5.47. The van der Waals surface area contributed by atoms with E-state index in [4.69, 9.17) is 5.11 Å². The predicted molar refractivity (Wildman–Crippen MR) is 65.7 cm³/mol. The number of nitrogens with zero attached hydrogens (tertiary/aromatic N) is 3. The first-order valence-electron chi connectivity index (χ1n) is 4.95. The molecule has 0 fully saturated rings. The summed E-state index contributed by atoms with van der Waals surface area (Å²) in [5.74, 6) is 1.59. The van der Waals surface area contributed by atoms with E-state index in [2.05, 4.69) is 27.7 Å².